The lowest BCUT2D eigenvalue weighted by Crippen LogP contribution is -2.25. The average Bonchev–Trinajstić information content (AvgIpc) is 3.15. The van der Waals surface area contributed by atoms with Gasteiger partial charge >= 0.3 is 0 Å². The summed E-state index contributed by atoms with van der Waals surface area (Å²) in [5.74, 6) is 0. The summed E-state index contributed by atoms with van der Waals surface area (Å²) < 4.78 is 7.08. The quantitative estimate of drug-likeness (QED) is 0.829. The highest BCUT2D eigenvalue weighted by Crippen LogP contribution is 2.27. The molecule has 1 aromatic carbocycles. The van der Waals surface area contributed by atoms with E-state index in [1.165, 1.54) is 18.4 Å². The molecule has 0 heterocycles. The van der Waals surface area contributed by atoms with Gasteiger partial charge in [-0.05, 0) is 30.9 Å². The molecule has 1 atom stereocenters. The zero-order chi connectivity index (χ0) is 12.1. The lowest BCUT2D eigenvalue weighted by atomic mass is 10.1. The zero-order valence-electron chi connectivity index (χ0n) is 10.3. The van der Waals surface area contributed by atoms with Gasteiger partial charge in [-0.25, -0.2) is 0 Å². The minimum absolute atomic E-state index is 0.158. The second-order valence-electron chi connectivity index (χ2n) is 4.56. The maximum Gasteiger partial charge on any atom is 0.0960 e. The van der Waals surface area contributed by atoms with Crippen molar-refractivity contribution in [3.8, 4) is 0 Å². The Balaban J connectivity index is 1.99. The molecule has 0 bridgehead atoms. The van der Waals surface area contributed by atoms with E-state index < -0.39 is 0 Å². The smallest absolute Gasteiger partial charge is 0.0960 e. The Kier molecular flexibility index (Phi) is 5.01. The minimum Gasteiger partial charge on any atom is -0.372 e. The highest BCUT2D eigenvalue weighted by Gasteiger charge is 2.23. The van der Waals surface area contributed by atoms with Crippen LogP contribution >= 0.6 is 15.9 Å². The zero-order valence-corrected chi connectivity index (χ0v) is 11.9. The molecule has 1 aliphatic rings. The van der Waals surface area contributed by atoms with Crippen LogP contribution in [0.3, 0.4) is 0 Å². The van der Waals surface area contributed by atoms with E-state index in [-0.39, 0.29) is 6.10 Å². The summed E-state index contributed by atoms with van der Waals surface area (Å²) >= 11 is 3.60. The van der Waals surface area contributed by atoms with Gasteiger partial charge in [0.1, 0.15) is 0 Å². The Bertz CT molecular complexity index is 352. The van der Waals surface area contributed by atoms with Crippen LogP contribution in [-0.2, 0) is 4.74 Å². The van der Waals surface area contributed by atoms with Crippen molar-refractivity contribution in [2.24, 2.45) is 0 Å². The fourth-order valence-corrected chi connectivity index (χ4v) is 2.36. The molecule has 0 aliphatic heterocycles. The van der Waals surface area contributed by atoms with Crippen LogP contribution in [0.2, 0.25) is 0 Å². The Labute approximate surface area is 112 Å². The normalized spacial score (nSPS) is 17.1. The molecule has 2 nitrogen and oxygen atoms in total. The number of hydrogen-bond acceptors (Lipinski definition) is 2. The predicted molar refractivity (Wildman–Crippen MR) is 74.2 cm³/mol. The van der Waals surface area contributed by atoms with Gasteiger partial charge in [0.25, 0.3) is 0 Å². The Morgan fingerprint density at radius 2 is 2.18 bits per heavy atom. The molecule has 1 unspecified atom stereocenters. The van der Waals surface area contributed by atoms with Crippen LogP contribution in [0.25, 0.3) is 0 Å². The highest BCUT2D eigenvalue weighted by atomic mass is 79.9. The summed E-state index contributed by atoms with van der Waals surface area (Å²) in [6, 6.07) is 9.05. The third-order valence-corrected chi connectivity index (χ3v) is 3.67. The van der Waals surface area contributed by atoms with Gasteiger partial charge in [-0.15, -0.1) is 0 Å². The number of benzene rings is 1. The van der Waals surface area contributed by atoms with E-state index in [4.69, 9.17) is 4.74 Å². The van der Waals surface area contributed by atoms with Crippen molar-refractivity contribution in [2.75, 3.05) is 13.2 Å². The van der Waals surface area contributed by atoms with Gasteiger partial charge in [0.2, 0.25) is 0 Å². The van der Waals surface area contributed by atoms with Crippen molar-refractivity contribution in [3.63, 3.8) is 0 Å². The monoisotopic (exact) mass is 297 g/mol. The van der Waals surface area contributed by atoms with Crippen LogP contribution in [0.1, 0.15) is 37.9 Å². The number of hydrogen-bond donors (Lipinski definition) is 1. The molecule has 0 aromatic heterocycles. The molecule has 1 aliphatic carbocycles. The van der Waals surface area contributed by atoms with Crippen molar-refractivity contribution < 1.29 is 4.74 Å². The molecule has 1 aromatic rings. The summed E-state index contributed by atoms with van der Waals surface area (Å²) in [5, 5.41) is 3.55. The van der Waals surface area contributed by atoms with Gasteiger partial charge < -0.3 is 10.1 Å². The van der Waals surface area contributed by atoms with Crippen LogP contribution in [-0.4, -0.2) is 19.2 Å². The summed E-state index contributed by atoms with van der Waals surface area (Å²) in [6.07, 6.45) is 3.85. The molecule has 0 spiro atoms. The Hall–Kier alpha value is -0.380. The molecule has 0 radical (unpaired) electrons. The first-order chi connectivity index (χ1) is 8.31. The molecular weight excluding hydrogens is 278 g/mol. The van der Waals surface area contributed by atoms with E-state index in [1.54, 1.807) is 0 Å². The van der Waals surface area contributed by atoms with E-state index in [1.807, 2.05) is 6.07 Å². The summed E-state index contributed by atoms with van der Waals surface area (Å²) in [5.41, 5.74) is 1.24. The van der Waals surface area contributed by atoms with Crippen molar-refractivity contribution >= 4 is 15.9 Å². The van der Waals surface area contributed by atoms with Crippen molar-refractivity contribution in [1.82, 2.24) is 5.32 Å². The van der Waals surface area contributed by atoms with E-state index in [0.717, 1.165) is 30.1 Å². The fourth-order valence-electron chi connectivity index (χ4n) is 1.82. The Morgan fingerprint density at radius 3 is 2.82 bits per heavy atom. The van der Waals surface area contributed by atoms with Gasteiger partial charge in [0, 0.05) is 23.7 Å². The molecule has 3 heteroatoms. The minimum atomic E-state index is 0.158. The molecule has 17 heavy (non-hydrogen) atoms. The van der Waals surface area contributed by atoms with Crippen LogP contribution < -0.4 is 5.32 Å². The van der Waals surface area contributed by atoms with E-state index in [2.05, 4.69) is 46.4 Å². The van der Waals surface area contributed by atoms with Gasteiger partial charge in [0.05, 0.1) is 6.10 Å². The summed E-state index contributed by atoms with van der Waals surface area (Å²) in [6.45, 7) is 3.87. The van der Waals surface area contributed by atoms with Crippen LogP contribution in [0, 0.1) is 0 Å². The highest BCUT2D eigenvalue weighted by molar-refractivity contribution is 9.10. The molecule has 1 fully saturated rings. The summed E-state index contributed by atoms with van der Waals surface area (Å²) in [4.78, 5) is 0. The third kappa shape index (κ3) is 4.09. The lowest BCUT2D eigenvalue weighted by Gasteiger charge is -2.20. The lowest BCUT2D eigenvalue weighted by molar-refractivity contribution is 0.0523. The van der Waals surface area contributed by atoms with Gasteiger partial charge in [-0.2, -0.15) is 0 Å². The molecule has 94 valence electrons. The molecular formula is C14H20BrNO. The van der Waals surface area contributed by atoms with Crippen molar-refractivity contribution in [2.45, 2.75) is 38.3 Å². The molecule has 0 amide bonds. The van der Waals surface area contributed by atoms with E-state index >= 15 is 0 Å². The number of nitrogens with one attached hydrogen (secondary N) is 1. The van der Waals surface area contributed by atoms with Crippen LogP contribution in [0.15, 0.2) is 28.7 Å². The molecule has 0 saturated heterocycles. The topological polar surface area (TPSA) is 21.3 Å². The average molecular weight is 298 g/mol. The van der Waals surface area contributed by atoms with Crippen LogP contribution in [0.5, 0.6) is 0 Å². The van der Waals surface area contributed by atoms with Gasteiger partial charge in [-0.1, -0.05) is 41.1 Å². The van der Waals surface area contributed by atoms with E-state index in [9.17, 15) is 0 Å². The van der Waals surface area contributed by atoms with E-state index in [0.29, 0.717) is 0 Å². The number of rotatable bonds is 7. The largest absolute Gasteiger partial charge is 0.372 e. The third-order valence-electron chi connectivity index (χ3n) is 2.94. The SMILES string of the molecule is CCCOC(CNC1CC1)c1ccccc1Br. The number of ether oxygens (including phenoxy) is 1. The Morgan fingerprint density at radius 1 is 1.41 bits per heavy atom. The van der Waals surface area contributed by atoms with Crippen molar-refractivity contribution in [3.05, 3.63) is 34.3 Å². The van der Waals surface area contributed by atoms with Gasteiger partial charge in [0.15, 0.2) is 0 Å². The van der Waals surface area contributed by atoms with Crippen LogP contribution in [0.4, 0.5) is 0 Å². The maximum atomic E-state index is 5.94. The molecule has 2 rings (SSSR count). The first-order valence-corrected chi connectivity index (χ1v) is 7.20. The first-order valence-electron chi connectivity index (χ1n) is 6.40. The summed E-state index contributed by atoms with van der Waals surface area (Å²) in [7, 11) is 0. The molecule has 1 N–H and O–H groups in total. The first kappa shape index (κ1) is 13.1. The second kappa shape index (κ2) is 6.53. The molecule has 1 saturated carbocycles. The fraction of sp³-hybridized carbons (Fsp3) is 0.571. The van der Waals surface area contributed by atoms with Gasteiger partial charge in [-0.3, -0.25) is 0 Å². The second-order valence-corrected chi connectivity index (χ2v) is 5.42. The number of halogens is 1. The predicted octanol–water partition coefficient (Wildman–Crippen LogP) is 3.67. The standard InChI is InChI=1S/C14H20BrNO/c1-2-9-17-14(10-16-11-7-8-11)12-5-3-4-6-13(12)15/h3-6,11,14,16H,2,7-10H2,1H3. The van der Waals surface area contributed by atoms with Crippen molar-refractivity contribution in [1.29, 1.82) is 0 Å². The maximum absolute atomic E-state index is 5.94.